The Labute approximate surface area is 174 Å². The van der Waals surface area contributed by atoms with E-state index in [-0.39, 0.29) is 24.0 Å². The van der Waals surface area contributed by atoms with Gasteiger partial charge in [0, 0.05) is 17.4 Å². The Balaban J connectivity index is 1.55. The highest BCUT2D eigenvalue weighted by Crippen LogP contribution is 2.15. The summed E-state index contributed by atoms with van der Waals surface area (Å²) in [6.07, 6.45) is 0. The van der Waals surface area contributed by atoms with Crippen LogP contribution < -0.4 is 21.0 Å². The van der Waals surface area contributed by atoms with Crippen LogP contribution in [-0.2, 0) is 4.79 Å². The number of hydrazone groups is 1. The van der Waals surface area contributed by atoms with Crippen LogP contribution in [0.5, 0.6) is 5.75 Å². The molecule has 0 unspecified atom stereocenters. The molecule has 0 aliphatic carbocycles. The van der Waals surface area contributed by atoms with Gasteiger partial charge in [0.15, 0.2) is 6.61 Å². The number of hydrogen-bond acceptors (Lipinski definition) is 6. The molecule has 3 N–H and O–H groups in total. The maximum Gasteiger partial charge on any atom is 0.262 e. The molecule has 8 nitrogen and oxygen atoms in total. The van der Waals surface area contributed by atoms with Crippen LogP contribution in [0.3, 0.4) is 0 Å². The summed E-state index contributed by atoms with van der Waals surface area (Å²) in [6, 6.07) is 16.2. The molecule has 0 bridgehead atoms. The number of nitrogens with one attached hydrogen (secondary N) is 3. The van der Waals surface area contributed by atoms with Gasteiger partial charge >= 0.3 is 0 Å². The number of carbonyl (C=O) groups excluding carboxylic acids is 1. The Morgan fingerprint density at radius 3 is 2.57 bits per heavy atom. The van der Waals surface area contributed by atoms with Crippen molar-refractivity contribution in [3.63, 3.8) is 0 Å². The second-order valence-corrected chi connectivity index (χ2v) is 6.72. The van der Waals surface area contributed by atoms with Gasteiger partial charge in [-0.3, -0.25) is 14.6 Å². The monoisotopic (exact) mass is 405 g/mol. The van der Waals surface area contributed by atoms with Crippen molar-refractivity contribution in [2.24, 2.45) is 5.10 Å². The van der Waals surface area contributed by atoms with Crippen LogP contribution in [0.2, 0.25) is 0 Å². The lowest BCUT2D eigenvalue weighted by Crippen LogP contribution is -2.20. The molecule has 0 atom stereocenters. The summed E-state index contributed by atoms with van der Waals surface area (Å²) in [5.41, 5.74) is 6.41. The van der Waals surface area contributed by atoms with E-state index in [1.54, 1.807) is 19.1 Å². The molecule has 1 aromatic heterocycles. The van der Waals surface area contributed by atoms with Gasteiger partial charge in [0.2, 0.25) is 5.95 Å². The smallest absolute Gasteiger partial charge is 0.262 e. The molecule has 0 saturated heterocycles. The number of amides is 1. The summed E-state index contributed by atoms with van der Waals surface area (Å²) in [7, 11) is 0. The third kappa shape index (κ3) is 5.78. The fourth-order valence-corrected chi connectivity index (χ4v) is 2.67. The number of ether oxygens (including phenoxy) is 1. The highest BCUT2D eigenvalue weighted by atomic mass is 16.5. The zero-order valence-electron chi connectivity index (χ0n) is 17.0. The van der Waals surface area contributed by atoms with Gasteiger partial charge in [0.05, 0.1) is 5.71 Å². The van der Waals surface area contributed by atoms with Gasteiger partial charge in [-0.25, -0.2) is 10.4 Å². The SMILES string of the molecule is C/C(=N/Nc1nc(C)cc(=O)[nH]1)c1ccc(OCC(=O)Nc2ccccc2C)cc1. The second-order valence-electron chi connectivity index (χ2n) is 6.72. The van der Waals surface area contributed by atoms with Crippen molar-refractivity contribution < 1.29 is 9.53 Å². The molecule has 2 aromatic carbocycles. The minimum Gasteiger partial charge on any atom is -0.484 e. The molecule has 3 rings (SSSR count). The molecule has 1 amide bonds. The molecule has 154 valence electrons. The molecule has 0 aliphatic heterocycles. The topological polar surface area (TPSA) is 108 Å². The zero-order chi connectivity index (χ0) is 21.5. The van der Waals surface area contributed by atoms with Crippen molar-refractivity contribution in [3.8, 4) is 5.75 Å². The fourth-order valence-electron chi connectivity index (χ4n) is 2.67. The number of aryl methyl sites for hydroxylation is 2. The van der Waals surface area contributed by atoms with E-state index in [4.69, 9.17) is 4.74 Å². The second kappa shape index (κ2) is 9.51. The number of para-hydroxylation sites is 1. The van der Waals surface area contributed by atoms with Crippen LogP contribution in [0.25, 0.3) is 0 Å². The first kappa shape index (κ1) is 20.8. The molecule has 0 spiro atoms. The highest BCUT2D eigenvalue weighted by Gasteiger charge is 2.06. The standard InChI is InChI=1S/C22H23N5O3/c1-14-6-4-5-7-19(14)24-21(29)13-30-18-10-8-17(9-11-18)16(3)26-27-22-23-15(2)12-20(28)25-22/h4-12H,13H2,1-3H3,(H,24,29)(H2,23,25,27,28)/b26-16-. The van der Waals surface area contributed by atoms with Gasteiger partial charge in [-0.1, -0.05) is 18.2 Å². The molecular formula is C22H23N5O3. The number of hydrogen-bond donors (Lipinski definition) is 3. The molecule has 30 heavy (non-hydrogen) atoms. The molecule has 3 aromatic rings. The lowest BCUT2D eigenvalue weighted by Gasteiger charge is -2.10. The molecular weight excluding hydrogens is 382 g/mol. The molecule has 0 saturated carbocycles. The first-order valence-corrected chi connectivity index (χ1v) is 9.38. The van der Waals surface area contributed by atoms with Crippen LogP contribution in [-0.4, -0.2) is 28.2 Å². The largest absolute Gasteiger partial charge is 0.484 e. The van der Waals surface area contributed by atoms with Crippen molar-refractivity contribution in [2.75, 3.05) is 17.3 Å². The normalized spacial score (nSPS) is 11.1. The van der Waals surface area contributed by atoms with Gasteiger partial charge in [0.25, 0.3) is 11.5 Å². The van der Waals surface area contributed by atoms with Crippen molar-refractivity contribution >= 4 is 23.3 Å². The van der Waals surface area contributed by atoms with Crippen LogP contribution in [0.1, 0.15) is 23.7 Å². The maximum absolute atomic E-state index is 12.1. The van der Waals surface area contributed by atoms with E-state index in [0.29, 0.717) is 17.2 Å². The lowest BCUT2D eigenvalue weighted by atomic mass is 10.1. The Morgan fingerprint density at radius 1 is 1.13 bits per heavy atom. The van der Waals surface area contributed by atoms with Crippen molar-refractivity contribution in [3.05, 3.63) is 81.8 Å². The summed E-state index contributed by atoms with van der Waals surface area (Å²) in [4.78, 5) is 30.3. The number of nitrogens with zero attached hydrogens (tertiary/aromatic N) is 2. The number of anilines is 2. The van der Waals surface area contributed by atoms with Crippen molar-refractivity contribution in [1.82, 2.24) is 9.97 Å². The lowest BCUT2D eigenvalue weighted by molar-refractivity contribution is -0.118. The summed E-state index contributed by atoms with van der Waals surface area (Å²) in [5.74, 6) is 0.623. The van der Waals surface area contributed by atoms with Crippen LogP contribution in [0.15, 0.2) is 64.5 Å². The number of benzene rings is 2. The van der Waals surface area contributed by atoms with E-state index in [9.17, 15) is 9.59 Å². The zero-order valence-corrected chi connectivity index (χ0v) is 17.0. The highest BCUT2D eigenvalue weighted by molar-refractivity contribution is 5.99. The Bertz CT molecular complexity index is 1120. The van der Waals surface area contributed by atoms with Gasteiger partial charge in [-0.05, 0) is 62.2 Å². The maximum atomic E-state index is 12.1. The summed E-state index contributed by atoms with van der Waals surface area (Å²) in [5, 5.41) is 7.06. The van der Waals surface area contributed by atoms with E-state index in [2.05, 4.69) is 25.8 Å². The van der Waals surface area contributed by atoms with E-state index in [1.165, 1.54) is 6.07 Å². The first-order chi connectivity index (χ1) is 14.4. The minimum absolute atomic E-state index is 0.0886. The molecule has 0 aliphatic rings. The summed E-state index contributed by atoms with van der Waals surface area (Å²) in [6.45, 7) is 5.40. The third-order valence-corrected chi connectivity index (χ3v) is 4.26. The number of rotatable bonds is 7. The predicted molar refractivity (Wildman–Crippen MR) is 117 cm³/mol. The Hall–Kier alpha value is -3.94. The van der Waals surface area contributed by atoms with Crippen LogP contribution in [0, 0.1) is 13.8 Å². The van der Waals surface area contributed by atoms with E-state index < -0.39 is 0 Å². The molecule has 0 fully saturated rings. The van der Waals surface area contributed by atoms with Crippen molar-refractivity contribution in [2.45, 2.75) is 20.8 Å². The number of aromatic nitrogens is 2. The molecule has 0 radical (unpaired) electrons. The van der Waals surface area contributed by atoms with Gasteiger partial charge in [-0.15, -0.1) is 0 Å². The average molecular weight is 405 g/mol. The molecule has 1 heterocycles. The summed E-state index contributed by atoms with van der Waals surface area (Å²) >= 11 is 0. The van der Waals surface area contributed by atoms with Crippen LogP contribution in [0.4, 0.5) is 11.6 Å². The van der Waals surface area contributed by atoms with Gasteiger partial charge in [-0.2, -0.15) is 5.10 Å². The average Bonchev–Trinajstić information content (AvgIpc) is 2.72. The summed E-state index contributed by atoms with van der Waals surface area (Å²) < 4.78 is 5.55. The van der Waals surface area contributed by atoms with Crippen LogP contribution >= 0.6 is 0 Å². The quantitative estimate of drug-likeness (QED) is 0.413. The van der Waals surface area contributed by atoms with E-state index >= 15 is 0 Å². The predicted octanol–water partition coefficient (Wildman–Crippen LogP) is 3.24. The Kier molecular flexibility index (Phi) is 6.59. The van der Waals surface area contributed by atoms with Crippen molar-refractivity contribution in [1.29, 1.82) is 0 Å². The molecule has 8 heteroatoms. The third-order valence-electron chi connectivity index (χ3n) is 4.26. The van der Waals surface area contributed by atoms with Gasteiger partial charge in [0.1, 0.15) is 5.75 Å². The number of aromatic amines is 1. The number of H-pyrrole nitrogens is 1. The van der Waals surface area contributed by atoms with Gasteiger partial charge < -0.3 is 10.1 Å². The minimum atomic E-state index is -0.245. The Morgan fingerprint density at radius 2 is 1.87 bits per heavy atom. The van der Waals surface area contributed by atoms with E-state index in [1.807, 2.05) is 50.2 Å². The van der Waals surface area contributed by atoms with E-state index in [0.717, 1.165) is 16.8 Å². The number of carbonyl (C=O) groups is 1. The fraction of sp³-hybridized carbons (Fsp3) is 0.182. The first-order valence-electron chi connectivity index (χ1n) is 9.38.